The Labute approximate surface area is 110 Å². The zero-order valence-corrected chi connectivity index (χ0v) is 12.0. The minimum absolute atomic E-state index is 0.0604. The minimum Gasteiger partial charge on any atom is -0.314 e. The third kappa shape index (κ3) is 3.66. The highest BCUT2D eigenvalue weighted by molar-refractivity contribution is 7.87. The molecule has 0 aromatic rings. The molecule has 0 spiro atoms. The second kappa shape index (κ2) is 6.32. The molecule has 6 heteroatoms. The zero-order valence-electron chi connectivity index (χ0n) is 11.2. The molecule has 1 unspecified atom stereocenters. The third-order valence-electron chi connectivity index (χ3n) is 4.11. The maximum atomic E-state index is 12.2. The molecule has 1 saturated heterocycles. The molecule has 2 aliphatic rings. The summed E-state index contributed by atoms with van der Waals surface area (Å²) in [6, 6.07) is 0.0604. The highest BCUT2D eigenvalue weighted by atomic mass is 32.2. The Morgan fingerprint density at radius 2 is 1.78 bits per heavy atom. The van der Waals surface area contributed by atoms with Crippen molar-refractivity contribution in [1.82, 2.24) is 14.3 Å². The van der Waals surface area contributed by atoms with E-state index in [4.69, 9.17) is 0 Å². The quantitative estimate of drug-likeness (QED) is 0.794. The summed E-state index contributed by atoms with van der Waals surface area (Å²) in [5.74, 6) is 0.511. The third-order valence-corrected chi connectivity index (χ3v) is 5.82. The van der Waals surface area contributed by atoms with Crippen LogP contribution < -0.4 is 10.0 Å². The fraction of sp³-hybridized carbons (Fsp3) is 1.00. The molecule has 0 aromatic heterocycles. The summed E-state index contributed by atoms with van der Waals surface area (Å²) >= 11 is 0. The lowest BCUT2D eigenvalue weighted by molar-refractivity contribution is 0.292. The molecule has 1 saturated carbocycles. The first kappa shape index (κ1) is 14.2. The smallest absolute Gasteiger partial charge is 0.279 e. The molecule has 2 fully saturated rings. The molecular formula is C12H25N3O2S. The lowest BCUT2D eigenvalue weighted by atomic mass is 9.85. The predicted molar refractivity (Wildman–Crippen MR) is 72.5 cm³/mol. The molecule has 5 nitrogen and oxygen atoms in total. The Balaban J connectivity index is 1.89. The molecule has 0 radical (unpaired) electrons. The van der Waals surface area contributed by atoms with Gasteiger partial charge in [-0.25, -0.2) is 0 Å². The monoisotopic (exact) mass is 275 g/mol. The van der Waals surface area contributed by atoms with Crippen LogP contribution in [0.5, 0.6) is 0 Å². The fourth-order valence-electron chi connectivity index (χ4n) is 2.92. The lowest BCUT2D eigenvalue weighted by Gasteiger charge is -2.32. The van der Waals surface area contributed by atoms with Crippen LogP contribution in [0, 0.1) is 5.92 Å². The molecule has 0 amide bonds. The number of nitrogens with zero attached hydrogens (tertiary/aromatic N) is 1. The van der Waals surface area contributed by atoms with Crippen molar-refractivity contribution in [3.05, 3.63) is 0 Å². The van der Waals surface area contributed by atoms with Gasteiger partial charge in [0.05, 0.1) is 0 Å². The number of hydrogen-bond donors (Lipinski definition) is 2. The van der Waals surface area contributed by atoms with Crippen LogP contribution in [0.3, 0.4) is 0 Å². The van der Waals surface area contributed by atoms with Gasteiger partial charge >= 0.3 is 0 Å². The van der Waals surface area contributed by atoms with Crippen molar-refractivity contribution in [1.29, 1.82) is 0 Å². The SMILES string of the molecule is CC(NS(=O)(=O)N1CCNCC1)C1CCCCC1. The van der Waals surface area contributed by atoms with Gasteiger partial charge in [-0.2, -0.15) is 17.4 Å². The largest absolute Gasteiger partial charge is 0.314 e. The van der Waals surface area contributed by atoms with E-state index in [1.807, 2.05) is 6.92 Å². The molecule has 1 aliphatic heterocycles. The maximum absolute atomic E-state index is 12.2. The minimum atomic E-state index is -3.29. The summed E-state index contributed by atoms with van der Waals surface area (Å²) in [4.78, 5) is 0. The Kier molecular flexibility index (Phi) is 5.00. The first-order chi connectivity index (χ1) is 8.59. The number of rotatable bonds is 4. The summed E-state index contributed by atoms with van der Waals surface area (Å²) < 4.78 is 28.9. The predicted octanol–water partition coefficient (Wildman–Crippen LogP) is 0.695. The number of hydrogen-bond acceptors (Lipinski definition) is 3. The summed E-state index contributed by atoms with van der Waals surface area (Å²) in [5.41, 5.74) is 0. The van der Waals surface area contributed by atoms with E-state index in [9.17, 15) is 8.42 Å². The van der Waals surface area contributed by atoms with Gasteiger partial charge in [0.25, 0.3) is 10.2 Å². The highest BCUT2D eigenvalue weighted by Gasteiger charge is 2.28. The van der Waals surface area contributed by atoms with Crippen molar-refractivity contribution in [2.45, 2.75) is 45.1 Å². The first-order valence-corrected chi connectivity index (χ1v) is 8.52. The zero-order chi connectivity index (χ0) is 13.0. The molecular weight excluding hydrogens is 250 g/mol. The van der Waals surface area contributed by atoms with Crippen molar-refractivity contribution in [3.63, 3.8) is 0 Å². The number of nitrogens with one attached hydrogen (secondary N) is 2. The van der Waals surface area contributed by atoms with Gasteiger partial charge in [-0.05, 0) is 25.7 Å². The van der Waals surface area contributed by atoms with E-state index in [1.54, 1.807) is 4.31 Å². The van der Waals surface area contributed by atoms with Gasteiger partial charge in [0, 0.05) is 32.2 Å². The van der Waals surface area contributed by atoms with Gasteiger partial charge in [-0.15, -0.1) is 0 Å². The molecule has 1 atom stereocenters. The van der Waals surface area contributed by atoms with Gasteiger partial charge in [0.1, 0.15) is 0 Å². The Morgan fingerprint density at radius 3 is 2.39 bits per heavy atom. The standard InChI is InChI=1S/C12H25N3O2S/c1-11(12-5-3-2-4-6-12)14-18(16,17)15-9-7-13-8-10-15/h11-14H,2-10H2,1H3. The van der Waals surface area contributed by atoms with Crippen molar-refractivity contribution < 1.29 is 8.42 Å². The van der Waals surface area contributed by atoms with E-state index < -0.39 is 10.2 Å². The van der Waals surface area contributed by atoms with Crippen molar-refractivity contribution in [2.75, 3.05) is 26.2 Å². The van der Waals surface area contributed by atoms with Gasteiger partial charge in [-0.1, -0.05) is 19.3 Å². The molecule has 1 heterocycles. The molecule has 1 aliphatic carbocycles. The van der Waals surface area contributed by atoms with Crippen molar-refractivity contribution in [3.8, 4) is 0 Å². The van der Waals surface area contributed by atoms with Crippen LogP contribution >= 0.6 is 0 Å². The van der Waals surface area contributed by atoms with Crippen LogP contribution in [0.1, 0.15) is 39.0 Å². The average Bonchev–Trinajstić information content (AvgIpc) is 2.40. The van der Waals surface area contributed by atoms with Crippen molar-refractivity contribution in [2.24, 2.45) is 5.92 Å². The van der Waals surface area contributed by atoms with Crippen LogP contribution in [0.2, 0.25) is 0 Å². The summed E-state index contributed by atoms with van der Waals surface area (Å²) in [6.07, 6.45) is 6.10. The van der Waals surface area contributed by atoms with Gasteiger partial charge < -0.3 is 5.32 Å². The number of piperazine rings is 1. The summed E-state index contributed by atoms with van der Waals surface area (Å²) in [6.45, 7) is 4.66. The van der Waals surface area contributed by atoms with Crippen molar-refractivity contribution >= 4 is 10.2 Å². The Hall–Kier alpha value is -0.170. The van der Waals surface area contributed by atoms with Crippen LogP contribution in [0.25, 0.3) is 0 Å². The summed E-state index contributed by atoms with van der Waals surface area (Å²) in [7, 11) is -3.29. The Morgan fingerprint density at radius 1 is 1.17 bits per heavy atom. The first-order valence-electron chi connectivity index (χ1n) is 7.08. The van der Waals surface area contributed by atoms with Crippen LogP contribution in [0.15, 0.2) is 0 Å². The highest BCUT2D eigenvalue weighted by Crippen LogP contribution is 2.26. The second-order valence-electron chi connectivity index (χ2n) is 5.46. The lowest BCUT2D eigenvalue weighted by Crippen LogP contribution is -2.53. The van der Waals surface area contributed by atoms with E-state index in [2.05, 4.69) is 10.0 Å². The van der Waals surface area contributed by atoms with Gasteiger partial charge in [-0.3, -0.25) is 0 Å². The second-order valence-corrected chi connectivity index (χ2v) is 7.16. The molecule has 18 heavy (non-hydrogen) atoms. The van der Waals surface area contributed by atoms with E-state index in [-0.39, 0.29) is 6.04 Å². The molecule has 106 valence electrons. The average molecular weight is 275 g/mol. The van der Waals surface area contributed by atoms with Gasteiger partial charge in [0.15, 0.2) is 0 Å². The topological polar surface area (TPSA) is 61.4 Å². The maximum Gasteiger partial charge on any atom is 0.279 e. The van der Waals surface area contributed by atoms with E-state index >= 15 is 0 Å². The van der Waals surface area contributed by atoms with Gasteiger partial charge in [0.2, 0.25) is 0 Å². The van der Waals surface area contributed by atoms with E-state index in [0.29, 0.717) is 19.0 Å². The van der Waals surface area contributed by atoms with Crippen LogP contribution in [-0.2, 0) is 10.2 Å². The van der Waals surface area contributed by atoms with Crippen LogP contribution in [0.4, 0.5) is 0 Å². The molecule has 0 aromatic carbocycles. The van der Waals surface area contributed by atoms with E-state index in [0.717, 1.165) is 25.9 Å². The normalized spacial score (nSPS) is 26.1. The van der Waals surface area contributed by atoms with E-state index in [1.165, 1.54) is 19.3 Å². The van der Waals surface area contributed by atoms with Crippen LogP contribution in [-0.4, -0.2) is 44.9 Å². The molecule has 2 rings (SSSR count). The fourth-order valence-corrected chi connectivity index (χ4v) is 4.40. The summed E-state index contributed by atoms with van der Waals surface area (Å²) in [5, 5.41) is 3.17. The molecule has 2 N–H and O–H groups in total. The molecule has 0 bridgehead atoms. The Bertz CT molecular complexity index is 346.